The van der Waals surface area contributed by atoms with E-state index in [9.17, 15) is 10.1 Å². The van der Waals surface area contributed by atoms with E-state index < -0.39 is 0 Å². The van der Waals surface area contributed by atoms with Crippen molar-refractivity contribution in [3.8, 4) is 5.75 Å². The smallest absolute Gasteiger partial charge is 0.296 e. The molecule has 6 heteroatoms. The molecular weight excluding hydrogens is 408 g/mol. The van der Waals surface area contributed by atoms with E-state index in [1.807, 2.05) is 48.2 Å². The van der Waals surface area contributed by atoms with Crippen LogP contribution in [0.15, 0.2) is 47.4 Å². The first kappa shape index (κ1) is 22.0. The fourth-order valence-electron chi connectivity index (χ4n) is 4.54. The van der Waals surface area contributed by atoms with E-state index in [1.54, 1.807) is 6.07 Å². The summed E-state index contributed by atoms with van der Waals surface area (Å²) in [5.74, 6) is 0.694. The van der Waals surface area contributed by atoms with Crippen molar-refractivity contribution in [3.05, 3.63) is 58.1 Å². The lowest BCUT2D eigenvalue weighted by atomic mass is 9.98. The number of rotatable bonds is 8. The topological polar surface area (TPSA) is 64.4 Å². The number of benzene rings is 2. The number of nitrogens with zero attached hydrogens (tertiary/aromatic N) is 1. The van der Waals surface area contributed by atoms with Crippen LogP contribution in [0.3, 0.4) is 0 Å². The van der Waals surface area contributed by atoms with Gasteiger partial charge in [0, 0.05) is 11.8 Å². The van der Waals surface area contributed by atoms with Crippen LogP contribution >= 0.6 is 11.8 Å². The van der Waals surface area contributed by atoms with E-state index in [-0.39, 0.29) is 16.7 Å². The predicted molar refractivity (Wildman–Crippen MR) is 127 cm³/mol. The third-order valence-electron chi connectivity index (χ3n) is 6.28. The lowest BCUT2D eigenvalue weighted by molar-refractivity contribution is -0.384. The summed E-state index contributed by atoms with van der Waals surface area (Å²) in [6.45, 7) is 0.554. The van der Waals surface area contributed by atoms with Gasteiger partial charge in [0.1, 0.15) is 11.4 Å². The predicted octanol–water partition coefficient (Wildman–Crippen LogP) is 7.34. The molecule has 2 aliphatic carbocycles. The second-order valence-electron chi connectivity index (χ2n) is 8.67. The Morgan fingerprint density at radius 2 is 1.65 bits per heavy atom. The number of hydrogen-bond acceptors (Lipinski definition) is 5. The minimum absolute atomic E-state index is 0.0923. The molecule has 0 saturated heterocycles. The quantitative estimate of drug-likeness (QED) is 0.343. The van der Waals surface area contributed by atoms with Crippen molar-refractivity contribution in [2.24, 2.45) is 0 Å². The number of ether oxygens (including phenoxy) is 1. The second kappa shape index (κ2) is 10.9. The molecule has 2 aliphatic rings. The summed E-state index contributed by atoms with van der Waals surface area (Å²) >= 11 is 1.85. The average molecular weight is 441 g/mol. The van der Waals surface area contributed by atoms with Gasteiger partial charge >= 0.3 is 0 Å². The Bertz CT molecular complexity index is 863. The van der Waals surface area contributed by atoms with Crippen LogP contribution in [-0.2, 0) is 6.54 Å². The third-order valence-corrected chi connectivity index (χ3v) is 7.65. The summed E-state index contributed by atoms with van der Waals surface area (Å²) in [6.07, 6.45) is 12.1. The Balaban J connectivity index is 1.61. The zero-order chi connectivity index (χ0) is 21.5. The first-order valence-corrected chi connectivity index (χ1v) is 12.5. The molecule has 31 heavy (non-hydrogen) atoms. The average Bonchev–Trinajstić information content (AvgIpc) is 2.81. The molecule has 0 amide bonds. The number of nitro benzene ring substituents is 1. The van der Waals surface area contributed by atoms with Crippen LogP contribution in [-0.4, -0.2) is 16.3 Å². The molecule has 4 rings (SSSR count). The molecule has 0 atom stereocenters. The van der Waals surface area contributed by atoms with Crippen LogP contribution in [0.25, 0.3) is 0 Å². The molecule has 0 radical (unpaired) electrons. The van der Waals surface area contributed by atoms with Crippen molar-refractivity contribution in [1.29, 1.82) is 0 Å². The van der Waals surface area contributed by atoms with E-state index in [2.05, 4.69) is 5.32 Å². The molecule has 0 bridgehead atoms. The van der Waals surface area contributed by atoms with Gasteiger partial charge in [-0.2, -0.15) is 0 Å². The Hall–Kier alpha value is -2.21. The SMILES string of the molecule is O=[N+]([O-])c1cc(OC2CCCCC2)c(SC2CCCCC2)cc1NCc1ccccc1. The molecule has 0 unspecified atom stereocenters. The highest BCUT2D eigenvalue weighted by molar-refractivity contribution is 8.00. The number of nitro groups is 1. The largest absolute Gasteiger partial charge is 0.489 e. The van der Waals surface area contributed by atoms with Crippen molar-refractivity contribution in [2.75, 3.05) is 5.32 Å². The number of nitrogens with one attached hydrogen (secondary N) is 1. The molecular formula is C25H32N2O3S. The van der Waals surface area contributed by atoms with E-state index >= 15 is 0 Å². The summed E-state index contributed by atoms with van der Waals surface area (Å²) < 4.78 is 6.38. The molecule has 166 valence electrons. The van der Waals surface area contributed by atoms with Crippen LogP contribution < -0.4 is 10.1 Å². The summed E-state index contributed by atoms with van der Waals surface area (Å²) in [6, 6.07) is 13.6. The van der Waals surface area contributed by atoms with Crippen LogP contribution in [0.2, 0.25) is 0 Å². The highest BCUT2D eigenvalue weighted by Crippen LogP contribution is 2.44. The highest BCUT2D eigenvalue weighted by Gasteiger charge is 2.25. The van der Waals surface area contributed by atoms with Crippen molar-refractivity contribution >= 4 is 23.1 Å². The van der Waals surface area contributed by atoms with Gasteiger partial charge < -0.3 is 10.1 Å². The molecule has 0 aromatic heterocycles. The summed E-state index contributed by atoms with van der Waals surface area (Å²) in [5, 5.41) is 15.8. The van der Waals surface area contributed by atoms with Gasteiger partial charge in [-0.1, -0.05) is 56.0 Å². The zero-order valence-electron chi connectivity index (χ0n) is 18.1. The molecule has 2 fully saturated rings. The second-order valence-corrected chi connectivity index (χ2v) is 10.0. The fourth-order valence-corrected chi connectivity index (χ4v) is 5.88. The lowest BCUT2D eigenvalue weighted by Gasteiger charge is -2.26. The van der Waals surface area contributed by atoms with Crippen molar-refractivity contribution in [2.45, 2.75) is 87.0 Å². The first-order valence-electron chi connectivity index (χ1n) is 11.6. The van der Waals surface area contributed by atoms with E-state index in [1.165, 1.54) is 51.4 Å². The van der Waals surface area contributed by atoms with E-state index in [0.29, 0.717) is 23.2 Å². The summed E-state index contributed by atoms with van der Waals surface area (Å²) in [4.78, 5) is 12.6. The van der Waals surface area contributed by atoms with Gasteiger partial charge in [0.2, 0.25) is 0 Å². The van der Waals surface area contributed by atoms with Gasteiger partial charge in [0.25, 0.3) is 5.69 Å². The molecule has 5 nitrogen and oxygen atoms in total. The Morgan fingerprint density at radius 3 is 2.32 bits per heavy atom. The number of hydrogen-bond donors (Lipinski definition) is 1. The van der Waals surface area contributed by atoms with E-state index in [0.717, 1.165) is 23.3 Å². The maximum absolute atomic E-state index is 11.9. The molecule has 2 saturated carbocycles. The molecule has 2 aromatic carbocycles. The monoisotopic (exact) mass is 440 g/mol. The maximum Gasteiger partial charge on any atom is 0.296 e. The van der Waals surface area contributed by atoms with Crippen molar-refractivity contribution in [1.82, 2.24) is 0 Å². The molecule has 2 aromatic rings. The van der Waals surface area contributed by atoms with E-state index in [4.69, 9.17) is 4.74 Å². The lowest BCUT2D eigenvalue weighted by Crippen LogP contribution is -2.20. The number of anilines is 1. The molecule has 0 aliphatic heterocycles. The zero-order valence-corrected chi connectivity index (χ0v) is 18.9. The van der Waals surface area contributed by atoms with Gasteiger partial charge in [0.05, 0.1) is 22.0 Å². The Kier molecular flexibility index (Phi) is 7.73. The normalized spacial score (nSPS) is 17.9. The van der Waals surface area contributed by atoms with Gasteiger partial charge in [0.15, 0.2) is 0 Å². The Morgan fingerprint density at radius 1 is 0.968 bits per heavy atom. The maximum atomic E-state index is 11.9. The molecule has 0 heterocycles. The Labute approximate surface area is 189 Å². The van der Waals surface area contributed by atoms with Crippen molar-refractivity contribution < 1.29 is 9.66 Å². The standard InChI is InChI=1S/C25H32N2O3S/c28-27(29)23-17-24(30-20-12-6-2-7-13-20)25(31-21-14-8-3-9-15-21)16-22(23)26-18-19-10-4-1-5-11-19/h1,4-5,10-11,16-17,20-21,26H,2-3,6-9,12-15,18H2. The minimum Gasteiger partial charge on any atom is -0.489 e. The van der Waals surface area contributed by atoms with Crippen LogP contribution in [0.4, 0.5) is 11.4 Å². The van der Waals surface area contributed by atoms with Gasteiger partial charge in [-0.25, -0.2) is 0 Å². The van der Waals surface area contributed by atoms with Gasteiger partial charge in [-0.05, 0) is 50.2 Å². The van der Waals surface area contributed by atoms with Crippen molar-refractivity contribution in [3.63, 3.8) is 0 Å². The van der Waals surface area contributed by atoms with Crippen LogP contribution in [0.5, 0.6) is 5.75 Å². The summed E-state index contributed by atoms with van der Waals surface area (Å²) in [7, 11) is 0. The molecule has 1 N–H and O–H groups in total. The first-order chi connectivity index (χ1) is 15.2. The molecule has 0 spiro atoms. The number of thioether (sulfide) groups is 1. The summed E-state index contributed by atoms with van der Waals surface area (Å²) in [5.41, 5.74) is 1.76. The van der Waals surface area contributed by atoms with Gasteiger partial charge in [-0.15, -0.1) is 11.8 Å². The minimum atomic E-state index is -0.296. The van der Waals surface area contributed by atoms with Crippen LogP contribution in [0, 0.1) is 10.1 Å². The highest BCUT2D eigenvalue weighted by atomic mass is 32.2. The van der Waals surface area contributed by atoms with Crippen LogP contribution in [0.1, 0.15) is 69.8 Å². The van der Waals surface area contributed by atoms with Gasteiger partial charge in [-0.3, -0.25) is 10.1 Å². The third kappa shape index (κ3) is 6.16. The fraction of sp³-hybridized carbons (Fsp3) is 0.520.